The number of rotatable bonds is 5. The summed E-state index contributed by atoms with van der Waals surface area (Å²) in [6.07, 6.45) is 0. The summed E-state index contributed by atoms with van der Waals surface area (Å²) in [6, 6.07) is 6.03. The molecule has 94 valence electrons. The van der Waals surface area contributed by atoms with E-state index >= 15 is 0 Å². The number of anilines is 1. The van der Waals surface area contributed by atoms with Crippen LogP contribution in [-0.4, -0.2) is 40.9 Å². The van der Waals surface area contributed by atoms with Crippen molar-refractivity contribution in [2.75, 3.05) is 45.8 Å². The van der Waals surface area contributed by atoms with Crippen LogP contribution in [0.4, 0.5) is 5.69 Å². The minimum atomic E-state index is 0.757. The van der Waals surface area contributed by atoms with Crippen molar-refractivity contribution in [1.82, 2.24) is 5.32 Å². The van der Waals surface area contributed by atoms with Crippen molar-refractivity contribution in [3.05, 3.63) is 18.2 Å². The Balaban J connectivity index is 2.08. The molecule has 0 bridgehead atoms. The van der Waals surface area contributed by atoms with Gasteiger partial charge in [0.15, 0.2) is 11.5 Å². The minimum Gasteiger partial charge on any atom is -0.493 e. The molecule has 0 atom stereocenters. The monoisotopic (exact) mass is 236 g/mol. The molecule has 1 N–H and O–H groups in total. The highest BCUT2D eigenvalue weighted by Crippen LogP contribution is 2.31. The third-order valence-electron chi connectivity index (χ3n) is 3.21. The molecule has 1 saturated heterocycles. The molecule has 4 heteroatoms. The lowest BCUT2D eigenvalue weighted by atomic mass is 10.0. The molecular formula is C13H20N2O2. The molecule has 1 fully saturated rings. The van der Waals surface area contributed by atoms with Crippen molar-refractivity contribution >= 4 is 5.69 Å². The third-order valence-corrected chi connectivity index (χ3v) is 3.21. The average Bonchev–Trinajstić information content (AvgIpc) is 2.32. The Hall–Kier alpha value is -1.42. The highest BCUT2D eigenvalue weighted by Gasteiger charge is 2.19. The van der Waals surface area contributed by atoms with Crippen LogP contribution in [0.2, 0.25) is 0 Å². The molecule has 1 aliphatic heterocycles. The Morgan fingerprint density at radius 1 is 1.24 bits per heavy atom. The Morgan fingerprint density at radius 3 is 2.47 bits per heavy atom. The second-order valence-electron chi connectivity index (χ2n) is 4.44. The van der Waals surface area contributed by atoms with Crippen LogP contribution in [0, 0.1) is 5.92 Å². The van der Waals surface area contributed by atoms with E-state index in [1.165, 1.54) is 0 Å². The van der Waals surface area contributed by atoms with Gasteiger partial charge in [0.25, 0.3) is 0 Å². The van der Waals surface area contributed by atoms with Gasteiger partial charge in [-0.1, -0.05) is 0 Å². The lowest BCUT2D eigenvalue weighted by Gasteiger charge is -2.32. The minimum absolute atomic E-state index is 0.757. The van der Waals surface area contributed by atoms with E-state index in [0.717, 1.165) is 42.7 Å². The topological polar surface area (TPSA) is 33.7 Å². The van der Waals surface area contributed by atoms with Gasteiger partial charge in [0, 0.05) is 44.4 Å². The van der Waals surface area contributed by atoms with E-state index in [9.17, 15) is 0 Å². The molecule has 0 amide bonds. The fraction of sp³-hybridized carbons (Fsp3) is 0.538. The maximum absolute atomic E-state index is 5.31. The number of benzene rings is 1. The van der Waals surface area contributed by atoms with E-state index in [4.69, 9.17) is 9.47 Å². The van der Waals surface area contributed by atoms with Gasteiger partial charge >= 0.3 is 0 Å². The fourth-order valence-corrected chi connectivity index (χ4v) is 2.03. The molecule has 0 aliphatic carbocycles. The summed E-state index contributed by atoms with van der Waals surface area (Å²) in [5, 5.41) is 3.29. The summed E-state index contributed by atoms with van der Waals surface area (Å²) in [6.45, 7) is 3.32. The summed E-state index contributed by atoms with van der Waals surface area (Å²) in [5.74, 6) is 2.31. The molecule has 1 aromatic carbocycles. The molecule has 1 aliphatic rings. The highest BCUT2D eigenvalue weighted by atomic mass is 16.5. The maximum Gasteiger partial charge on any atom is 0.162 e. The summed E-state index contributed by atoms with van der Waals surface area (Å²) in [7, 11) is 5.43. The number of nitrogens with one attached hydrogen (secondary N) is 1. The van der Waals surface area contributed by atoms with Gasteiger partial charge in [0.1, 0.15) is 0 Å². The molecule has 0 aromatic heterocycles. The largest absolute Gasteiger partial charge is 0.493 e. The Bertz CT molecular complexity index is 378. The molecule has 0 saturated carbocycles. The number of nitrogens with zero attached hydrogens (tertiary/aromatic N) is 1. The first kappa shape index (κ1) is 12.0. The molecule has 1 aromatic rings. The van der Waals surface area contributed by atoms with E-state index in [0.29, 0.717) is 0 Å². The van der Waals surface area contributed by atoms with Gasteiger partial charge in [-0.25, -0.2) is 0 Å². The van der Waals surface area contributed by atoms with Crippen molar-refractivity contribution in [3.8, 4) is 11.5 Å². The van der Waals surface area contributed by atoms with Gasteiger partial charge in [0.2, 0.25) is 0 Å². The second-order valence-corrected chi connectivity index (χ2v) is 4.44. The summed E-state index contributed by atoms with van der Waals surface area (Å²) < 4.78 is 10.5. The lowest BCUT2D eigenvalue weighted by molar-refractivity contribution is 0.350. The number of ether oxygens (including phenoxy) is 2. The Labute approximate surface area is 103 Å². The van der Waals surface area contributed by atoms with E-state index in [2.05, 4.69) is 23.3 Å². The SMILES string of the molecule is COc1ccc(N(C)CC2CNC2)cc1OC. The third kappa shape index (κ3) is 2.64. The van der Waals surface area contributed by atoms with Gasteiger partial charge in [-0.3, -0.25) is 0 Å². The average molecular weight is 236 g/mol. The first-order valence-corrected chi connectivity index (χ1v) is 5.88. The van der Waals surface area contributed by atoms with Gasteiger partial charge in [-0.2, -0.15) is 0 Å². The smallest absolute Gasteiger partial charge is 0.162 e. The van der Waals surface area contributed by atoms with E-state index < -0.39 is 0 Å². The quantitative estimate of drug-likeness (QED) is 0.837. The van der Waals surface area contributed by atoms with Crippen molar-refractivity contribution in [2.45, 2.75) is 0 Å². The predicted octanol–water partition coefficient (Wildman–Crippen LogP) is 1.36. The molecule has 0 radical (unpaired) electrons. The maximum atomic E-state index is 5.31. The first-order valence-electron chi connectivity index (χ1n) is 5.88. The van der Waals surface area contributed by atoms with Crippen LogP contribution in [0.1, 0.15) is 0 Å². The zero-order valence-electron chi connectivity index (χ0n) is 10.7. The second kappa shape index (κ2) is 5.27. The lowest BCUT2D eigenvalue weighted by Crippen LogP contribution is -2.47. The number of methoxy groups -OCH3 is 2. The fourth-order valence-electron chi connectivity index (χ4n) is 2.03. The molecule has 1 heterocycles. The first-order chi connectivity index (χ1) is 8.24. The van der Waals surface area contributed by atoms with Crippen molar-refractivity contribution in [3.63, 3.8) is 0 Å². The zero-order valence-corrected chi connectivity index (χ0v) is 10.7. The van der Waals surface area contributed by atoms with Crippen LogP contribution >= 0.6 is 0 Å². The normalized spacial score (nSPS) is 15.2. The molecule has 4 nitrogen and oxygen atoms in total. The van der Waals surface area contributed by atoms with Gasteiger partial charge < -0.3 is 19.7 Å². The van der Waals surface area contributed by atoms with E-state index in [1.807, 2.05) is 12.1 Å². The summed E-state index contributed by atoms with van der Waals surface area (Å²) >= 11 is 0. The van der Waals surface area contributed by atoms with E-state index in [1.54, 1.807) is 14.2 Å². The van der Waals surface area contributed by atoms with E-state index in [-0.39, 0.29) is 0 Å². The van der Waals surface area contributed by atoms with Crippen LogP contribution in [-0.2, 0) is 0 Å². The van der Waals surface area contributed by atoms with Gasteiger partial charge in [-0.15, -0.1) is 0 Å². The van der Waals surface area contributed by atoms with Crippen LogP contribution in [0.3, 0.4) is 0 Å². The highest BCUT2D eigenvalue weighted by molar-refractivity contribution is 5.56. The van der Waals surface area contributed by atoms with Gasteiger partial charge in [0.05, 0.1) is 14.2 Å². The summed E-state index contributed by atoms with van der Waals surface area (Å²) in [5.41, 5.74) is 1.16. The number of hydrogen-bond acceptors (Lipinski definition) is 4. The van der Waals surface area contributed by atoms with Crippen molar-refractivity contribution in [1.29, 1.82) is 0 Å². The predicted molar refractivity (Wildman–Crippen MR) is 69.2 cm³/mol. The van der Waals surface area contributed by atoms with Crippen LogP contribution in [0.25, 0.3) is 0 Å². The van der Waals surface area contributed by atoms with Crippen molar-refractivity contribution < 1.29 is 9.47 Å². The molecule has 0 spiro atoms. The zero-order chi connectivity index (χ0) is 12.3. The Morgan fingerprint density at radius 2 is 1.94 bits per heavy atom. The standard InChI is InChI=1S/C13H20N2O2/c1-15(9-10-7-14-8-10)11-4-5-12(16-2)13(6-11)17-3/h4-6,10,14H,7-9H2,1-3H3. The Kier molecular flexibility index (Phi) is 3.74. The number of hydrogen-bond donors (Lipinski definition) is 1. The van der Waals surface area contributed by atoms with Crippen molar-refractivity contribution in [2.24, 2.45) is 5.92 Å². The van der Waals surface area contributed by atoms with Crippen LogP contribution in [0.15, 0.2) is 18.2 Å². The molecule has 2 rings (SSSR count). The van der Waals surface area contributed by atoms with Crippen LogP contribution < -0.4 is 19.7 Å². The molecular weight excluding hydrogens is 216 g/mol. The van der Waals surface area contributed by atoms with Crippen LogP contribution in [0.5, 0.6) is 11.5 Å². The molecule has 0 unspecified atom stereocenters. The summed E-state index contributed by atoms with van der Waals surface area (Å²) in [4.78, 5) is 2.26. The van der Waals surface area contributed by atoms with Gasteiger partial charge in [-0.05, 0) is 12.1 Å². The molecule has 17 heavy (non-hydrogen) atoms.